The molecule has 3 rings (SSSR count). The van der Waals surface area contributed by atoms with Crippen molar-refractivity contribution in [1.82, 2.24) is 0 Å². The zero-order chi connectivity index (χ0) is 16.9. The average Bonchev–Trinajstić information content (AvgIpc) is 3.45. The number of phenolic OH excluding ortho intramolecular Hbond substituents is 1. The highest BCUT2D eigenvalue weighted by atomic mass is 16.5. The van der Waals surface area contributed by atoms with Crippen LogP contribution < -0.4 is 0 Å². The van der Waals surface area contributed by atoms with E-state index in [1.54, 1.807) is 0 Å². The van der Waals surface area contributed by atoms with Crippen LogP contribution in [0.1, 0.15) is 68.1 Å². The van der Waals surface area contributed by atoms with Crippen molar-refractivity contribution in [2.45, 2.75) is 70.6 Å². The molecular weight excluding hydrogens is 300 g/mol. The summed E-state index contributed by atoms with van der Waals surface area (Å²) < 4.78 is 4.78. The lowest BCUT2D eigenvalue weighted by molar-refractivity contribution is -0.139. The number of aromatic hydroxyl groups is 1. The molecule has 3 heteroatoms. The maximum absolute atomic E-state index is 11.6. The minimum atomic E-state index is -0.288. The Bertz CT molecular complexity index is 571. The van der Waals surface area contributed by atoms with Crippen LogP contribution in [0.2, 0.25) is 0 Å². The Kier molecular flexibility index (Phi) is 5.80. The van der Waals surface area contributed by atoms with Crippen LogP contribution in [0.3, 0.4) is 0 Å². The fourth-order valence-electron chi connectivity index (χ4n) is 3.52. The standard InChI is InChI=1S/C21H30O3/c1-24-20(22)14-19-13-17(6-2-4-15-8-9-15)12-18(21(19)23)7-3-5-16-10-11-16/h12-13,15-16,23H,2-11,14H2,1H3. The first-order valence-corrected chi connectivity index (χ1v) is 9.56. The Balaban J connectivity index is 1.66. The van der Waals surface area contributed by atoms with Crippen LogP contribution in [-0.4, -0.2) is 18.2 Å². The first-order chi connectivity index (χ1) is 11.7. The lowest BCUT2D eigenvalue weighted by Gasteiger charge is -2.13. The van der Waals surface area contributed by atoms with E-state index in [0.717, 1.165) is 42.2 Å². The molecule has 2 fully saturated rings. The van der Waals surface area contributed by atoms with Crippen LogP contribution >= 0.6 is 0 Å². The van der Waals surface area contributed by atoms with E-state index in [1.165, 1.54) is 57.6 Å². The van der Waals surface area contributed by atoms with Crippen molar-refractivity contribution in [3.8, 4) is 5.75 Å². The molecule has 0 unspecified atom stereocenters. The average molecular weight is 330 g/mol. The summed E-state index contributed by atoms with van der Waals surface area (Å²) >= 11 is 0. The van der Waals surface area contributed by atoms with E-state index in [1.807, 2.05) is 6.07 Å². The fraction of sp³-hybridized carbons (Fsp3) is 0.667. The summed E-state index contributed by atoms with van der Waals surface area (Å²) in [4.78, 5) is 11.6. The van der Waals surface area contributed by atoms with Gasteiger partial charge in [0.25, 0.3) is 0 Å². The van der Waals surface area contributed by atoms with Gasteiger partial charge in [-0.25, -0.2) is 0 Å². The topological polar surface area (TPSA) is 46.5 Å². The molecule has 24 heavy (non-hydrogen) atoms. The molecular formula is C21H30O3. The van der Waals surface area contributed by atoms with Gasteiger partial charge in [-0.05, 0) is 48.6 Å². The summed E-state index contributed by atoms with van der Waals surface area (Å²) in [7, 11) is 1.40. The van der Waals surface area contributed by atoms with Crippen LogP contribution in [0.4, 0.5) is 0 Å². The molecule has 2 saturated carbocycles. The number of carbonyl (C=O) groups excluding carboxylic acids is 1. The molecule has 1 N–H and O–H groups in total. The molecule has 3 nitrogen and oxygen atoms in total. The van der Waals surface area contributed by atoms with Crippen molar-refractivity contribution in [2.24, 2.45) is 11.8 Å². The van der Waals surface area contributed by atoms with E-state index < -0.39 is 0 Å². The number of hydrogen-bond acceptors (Lipinski definition) is 3. The Labute approximate surface area is 145 Å². The molecule has 0 amide bonds. The van der Waals surface area contributed by atoms with Gasteiger partial charge in [-0.15, -0.1) is 0 Å². The van der Waals surface area contributed by atoms with Gasteiger partial charge in [0.05, 0.1) is 13.5 Å². The maximum Gasteiger partial charge on any atom is 0.310 e. The smallest absolute Gasteiger partial charge is 0.310 e. The minimum Gasteiger partial charge on any atom is -0.507 e. The van der Waals surface area contributed by atoms with Gasteiger partial charge in [0.2, 0.25) is 0 Å². The van der Waals surface area contributed by atoms with Crippen LogP contribution in [0.15, 0.2) is 12.1 Å². The zero-order valence-corrected chi connectivity index (χ0v) is 14.9. The highest BCUT2D eigenvalue weighted by molar-refractivity contribution is 5.73. The Hall–Kier alpha value is -1.51. The number of carbonyl (C=O) groups is 1. The summed E-state index contributed by atoms with van der Waals surface area (Å²) in [5.74, 6) is 1.89. The highest BCUT2D eigenvalue weighted by Gasteiger charge is 2.22. The van der Waals surface area contributed by atoms with E-state index in [9.17, 15) is 9.90 Å². The lowest BCUT2D eigenvalue weighted by Crippen LogP contribution is -2.06. The van der Waals surface area contributed by atoms with Gasteiger partial charge in [0.15, 0.2) is 0 Å². The number of benzene rings is 1. The third-order valence-corrected chi connectivity index (χ3v) is 5.42. The normalized spacial score (nSPS) is 17.0. The second-order valence-electron chi connectivity index (χ2n) is 7.69. The van der Waals surface area contributed by atoms with Crippen molar-refractivity contribution in [1.29, 1.82) is 0 Å². The van der Waals surface area contributed by atoms with E-state index >= 15 is 0 Å². The minimum absolute atomic E-state index is 0.161. The monoisotopic (exact) mass is 330 g/mol. The molecule has 0 bridgehead atoms. The van der Waals surface area contributed by atoms with Gasteiger partial charge in [-0.3, -0.25) is 4.79 Å². The zero-order valence-electron chi connectivity index (χ0n) is 14.9. The fourth-order valence-corrected chi connectivity index (χ4v) is 3.52. The molecule has 0 saturated heterocycles. The number of aryl methyl sites for hydroxylation is 2. The molecule has 1 aromatic rings. The predicted octanol–water partition coefficient (Wildman–Crippen LogP) is 4.57. The van der Waals surface area contributed by atoms with E-state index in [2.05, 4.69) is 6.07 Å². The number of hydrogen-bond donors (Lipinski definition) is 1. The molecule has 0 radical (unpaired) electrons. The van der Waals surface area contributed by atoms with Crippen LogP contribution in [0, 0.1) is 11.8 Å². The number of ether oxygens (including phenoxy) is 1. The summed E-state index contributed by atoms with van der Waals surface area (Å²) in [5.41, 5.74) is 3.00. The third kappa shape index (κ3) is 5.25. The summed E-state index contributed by atoms with van der Waals surface area (Å²) in [6.07, 6.45) is 12.6. The van der Waals surface area contributed by atoms with Crippen molar-refractivity contribution in [3.05, 3.63) is 28.8 Å². The van der Waals surface area contributed by atoms with Crippen LogP contribution in [0.25, 0.3) is 0 Å². The van der Waals surface area contributed by atoms with Crippen molar-refractivity contribution in [2.75, 3.05) is 7.11 Å². The van der Waals surface area contributed by atoms with Crippen LogP contribution in [-0.2, 0) is 28.8 Å². The van der Waals surface area contributed by atoms with E-state index in [4.69, 9.17) is 4.74 Å². The second-order valence-corrected chi connectivity index (χ2v) is 7.69. The van der Waals surface area contributed by atoms with Gasteiger partial charge in [0, 0.05) is 5.56 Å². The number of phenols is 1. The molecule has 0 spiro atoms. The molecule has 132 valence electrons. The summed E-state index contributed by atoms with van der Waals surface area (Å²) in [5, 5.41) is 10.6. The molecule has 0 aliphatic heterocycles. The molecule has 0 heterocycles. The first-order valence-electron chi connectivity index (χ1n) is 9.56. The predicted molar refractivity (Wildman–Crippen MR) is 95.2 cm³/mol. The first kappa shape index (κ1) is 17.3. The Morgan fingerprint density at radius 3 is 2.21 bits per heavy atom. The van der Waals surface area contributed by atoms with Gasteiger partial charge < -0.3 is 9.84 Å². The maximum atomic E-state index is 11.6. The lowest BCUT2D eigenvalue weighted by atomic mass is 9.95. The highest BCUT2D eigenvalue weighted by Crippen LogP contribution is 2.36. The quantitative estimate of drug-likeness (QED) is 0.639. The number of rotatable bonds is 10. The van der Waals surface area contributed by atoms with Gasteiger partial charge in [0.1, 0.15) is 5.75 Å². The molecule has 0 aromatic heterocycles. The molecule has 1 aromatic carbocycles. The Morgan fingerprint density at radius 2 is 1.62 bits per heavy atom. The molecule has 0 atom stereocenters. The number of esters is 1. The summed E-state index contributed by atoms with van der Waals surface area (Å²) in [6, 6.07) is 4.17. The van der Waals surface area contributed by atoms with E-state index in [0.29, 0.717) is 5.75 Å². The van der Waals surface area contributed by atoms with Gasteiger partial charge in [-0.1, -0.05) is 50.7 Å². The second kappa shape index (κ2) is 8.04. The number of methoxy groups -OCH3 is 1. The van der Waals surface area contributed by atoms with Crippen LogP contribution in [0.5, 0.6) is 5.75 Å². The Morgan fingerprint density at radius 1 is 1.04 bits per heavy atom. The van der Waals surface area contributed by atoms with Gasteiger partial charge >= 0.3 is 5.97 Å². The van der Waals surface area contributed by atoms with E-state index in [-0.39, 0.29) is 12.4 Å². The largest absolute Gasteiger partial charge is 0.507 e. The molecule has 2 aliphatic carbocycles. The van der Waals surface area contributed by atoms with Crippen molar-refractivity contribution in [3.63, 3.8) is 0 Å². The van der Waals surface area contributed by atoms with Gasteiger partial charge in [-0.2, -0.15) is 0 Å². The SMILES string of the molecule is COC(=O)Cc1cc(CCCC2CC2)cc(CCCC2CC2)c1O. The molecule has 2 aliphatic rings. The summed E-state index contributed by atoms with van der Waals surface area (Å²) in [6.45, 7) is 0. The van der Waals surface area contributed by atoms with Crippen molar-refractivity contribution >= 4 is 5.97 Å². The van der Waals surface area contributed by atoms with Crippen molar-refractivity contribution < 1.29 is 14.6 Å². The third-order valence-electron chi connectivity index (χ3n) is 5.42.